The summed E-state index contributed by atoms with van der Waals surface area (Å²) in [5.74, 6) is -0.803. The summed E-state index contributed by atoms with van der Waals surface area (Å²) in [6.07, 6.45) is 3.28. The minimum atomic E-state index is -0.808. The molecule has 1 unspecified atom stereocenters. The lowest BCUT2D eigenvalue weighted by molar-refractivity contribution is 0.102. The molecule has 49 heavy (non-hydrogen) atoms. The van der Waals surface area contributed by atoms with Gasteiger partial charge in [-0.2, -0.15) is 0 Å². The van der Waals surface area contributed by atoms with Crippen molar-refractivity contribution in [3.8, 4) is 34.4 Å². The molecule has 1 atom stereocenters. The van der Waals surface area contributed by atoms with Crippen molar-refractivity contribution in [2.75, 3.05) is 45.3 Å². The van der Waals surface area contributed by atoms with Gasteiger partial charge in [-0.15, -0.1) is 0 Å². The second kappa shape index (κ2) is 13.5. The fraction of sp³-hybridized carbons (Fsp3) is 0.250. The monoisotopic (exact) mass is 672 g/mol. The molecule has 1 fully saturated rings. The Morgan fingerprint density at radius 3 is 2.63 bits per heavy atom. The maximum atomic E-state index is 15.4. The highest BCUT2D eigenvalue weighted by Gasteiger charge is 2.27. The number of carbonyl (C=O) groups excluding carboxylic acids is 1. The predicted molar refractivity (Wildman–Crippen MR) is 175 cm³/mol. The van der Waals surface area contributed by atoms with Crippen LogP contribution in [0.4, 0.5) is 18.9 Å². The zero-order chi connectivity index (χ0) is 34.1. The third-order valence-corrected chi connectivity index (χ3v) is 8.46. The van der Waals surface area contributed by atoms with Crippen molar-refractivity contribution in [1.29, 1.82) is 0 Å². The van der Waals surface area contributed by atoms with Crippen molar-refractivity contribution in [3.63, 3.8) is 0 Å². The molecule has 0 aliphatic carbocycles. The van der Waals surface area contributed by atoms with Crippen LogP contribution in [-0.2, 0) is 6.42 Å². The number of likely N-dealkylation sites (tertiary alicyclic amines) is 1. The maximum Gasteiger partial charge on any atom is 0.271 e. The van der Waals surface area contributed by atoms with Gasteiger partial charge in [0.25, 0.3) is 11.5 Å². The molecule has 4 heterocycles. The molecule has 1 saturated heterocycles. The fourth-order valence-electron chi connectivity index (χ4n) is 5.99. The summed E-state index contributed by atoms with van der Waals surface area (Å²) >= 11 is 0. The predicted octanol–water partition coefficient (Wildman–Crippen LogP) is 6.07. The third kappa shape index (κ3) is 6.61. The molecule has 1 amide bonds. The van der Waals surface area contributed by atoms with Crippen molar-refractivity contribution in [2.45, 2.75) is 19.0 Å². The number of anilines is 1. The lowest BCUT2D eigenvalue weighted by Crippen LogP contribution is -2.29. The van der Waals surface area contributed by atoms with Crippen molar-refractivity contribution in [2.24, 2.45) is 0 Å². The van der Waals surface area contributed by atoms with Gasteiger partial charge in [-0.3, -0.25) is 24.0 Å². The van der Waals surface area contributed by atoms with Crippen LogP contribution in [0.25, 0.3) is 16.6 Å². The number of methoxy groups -OCH3 is 1. The highest BCUT2D eigenvalue weighted by molar-refractivity contribution is 6.06. The number of nitrogens with one attached hydrogen (secondary N) is 1. The van der Waals surface area contributed by atoms with E-state index in [1.807, 2.05) is 4.90 Å². The van der Waals surface area contributed by atoms with E-state index in [4.69, 9.17) is 18.9 Å². The molecule has 10 nitrogen and oxygen atoms in total. The molecule has 5 aromatic rings. The second-order valence-corrected chi connectivity index (χ2v) is 11.7. The number of hydrogen-bond acceptors (Lipinski definition) is 8. The first kappa shape index (κ1) is 32.0. The first-order chi connectivity index (χ1) is 23.8. The van der Waals surface area contributed by atoms with Crippen molar-refractivity contribution >= 4 is 22.5 Å². The van der Waals surface area contributed by atoms with Crippen LogP contribution >= 0.6 is 0 Å². The van der Waals surface area contributed by atoms with Crippen LogP contribution in [-0.4, -0.2) is 66.5 Å². The van der Waals surface area contributed by atoms with E-state index in [9.17, 15) is 18.4 Å². The van der Waals surface area contributed by atoms with Gasteiger partial charge in [0.15, 0.2) is 23.1 Å². The summed E-state index contributed by atoms with van der Waals surface area (Å²) < 4.78 is 66.8. The number of rotatable bonds is 10. The Kier molecular flexibility index (Phi) is 8.83. The molecular weight excluding hydrogens is 641 g/mol. The molecule has 0 spiro atoms. The van der Waals surface area contributed by atoms with E-state index in [1.165, 1.54) is 54.3 Å². The molecule has 252 valence electrons. The van der Waals surface area contributed by atoms with E-state index in [1.54, 1.807) is 24.4 Å². The van der Waals surface area contributed by atoms with Gasteiger partial charge in [-0.05, 0) is 55.0 Å². The smallest absolute Gasteiger partial charge is 0.271 e. The average Bonchev–Trinajstić information content (AvgIpc) is 3.74. The van der Waals surface area contributed by atoms with Gasteiger partial charge < -0.3 is 24.3 Å². The highest BCUT2D eigenvalue weighted by atomic mass is 19.1. The van der Waals surface area contributed by atoms with Gasteiger partial charge >= 0.3 is 0 Å². The van der Waals surface area contributed by atoms with Crippen LogP contribution in [0.3, 0.4) is 0 Å². The van der Waals surface area contributed by atoms with Crippen molar-refractivity contribution < 1.29 is 36.9 Å². The van der Waals surface area contributed by atoms with Gasteiger partial charge in [0.05, 0.1) is 19.2 Å². The summed E-state index contributed by atoms with van der Waals surface area (Å²) in [6, 6.07) is 14.2. The van der Waals surface area contributed by atoms with E-state index >= 15 is 4.39 Å². The number of alkyl halides is 1. The standard InChI is InChI=1S/C36H31F3N4O6/c1-46-31-17-26-28(18-32(31)47-15-13-42-12-9-23(38)20-42)40-11-8-29(26)49-30-7-4-24(16-27(30)39)41-35(44)33-34-21(10-14-48-34)19-43(36(33)45)25-5-2-22(37)3-6-25/h2-8,11,16-19,23H,9-10,12-15,20H2,1H3,(H,41,44). The number of nitrogens with zero attached hydrogens (tertiary/aromatic N) is 3. The van der Waals surface area contributed by atoms with Gasteiger partial charge in [-0.25, -0.2) is 13.2 Å². The molecule has 1 N–H and O–H groups in total. The normalized spacial score (nSPS) is 15.6. The highest BCUT2D eigenvalue weighted by Crippen LogP contribution is 2.38. The zero-order valence-electron chi connectivity index (χ0n) is 26.4. The molecular formula is C36H31F3N4O6. The Labute approximate surface area is 278 Å². The van der Waals surface area contributed by atoms with E-state index in [-0.39, 0.29) is 29.4 Å². The summed E-state index contributed by atoms with van der Waals surface area (Å²) in [4.78, 5) is 33.3. The molecule has 3 aromatic carbocycles. The first-order valence-electron chi connectivity index (χ1n) is 15.7. The van der Waals surface area contributed by atoms with Gasteiger partial charge in [0, 0.05) is 72.9 Å². The number of carbonyl (C=O) groups is 1. The van der Waals surface area contributed by atoms with Crippen LogP contribution in [0, 0.1) is 11.6 Å². The quantitative estimate of drug-likeness (QED) is 0.191. The summed E-state index contributed by atoms with van der Waals surface area (Å²) in [6.45, 7) is 2.28. The minimum Gasteiger partial charge on any atom is -0.493 e. The van der Waals surface area contributed by atoms with Crippen LogP contribution in [0.2, 0.25) is 0 Å². The fourth-order valence-corrected chi connectivity index (χ4v) is 5.99. The summed E-state index contributed by atoms with van der Waals surface area (Å²) in [7, 11) is 1.50. The van der Waals surface area contributed by atoms with Crippen LogP contribution < -0.4 is 29.8 Å². The SMILES string of the molecule is COc1cc2c(Oc3ccc(NC(=O)c4c5c(cn(-c6ccc(F)cc6)c4=O)CCO5)cc3F)ccnc2cc1OCCN1CCC(F)C1. The molecule has 0 saturated carbocycles. The van der Waals surface area contributed by atoms with E-state index in [2.05, 4.69) is 10.3 Å². The van der Waals surface area contributed by atoms with Gasteiger partial charge in [0.1, 0.15) is 35.7 Å². The number of fused-ring (bicyclic) bond motifs is 2. The van der Waals surface area contributed by atoms with E-state index in [0.717, 1.165) is 6.07 Å². The molecule has 2 aliphatic rings. The van der Waals surface area contributed by atoms with E-state index < -0.39 is 29.3 Å². The first-order valence-corrected chi connectivity index (χ1v) is 15.7. The number of amides is 1. The molecule has 2 aromatic heterocycles. The number of aromatic nitrogens is 2. The second-order valence-electron chi connectivity index (χ2n) is 11.7. The molecule has 0 bridgehead atoms. The Hall–Kier alpha value is -5.56. The molecule has 13 heteroatoms. The summed E-state index contributed by atoms with van der Waals surface area (Å²) in [5, 5.41) is 3.13. The lowest BCUT2D eigenvalue weighted by atomic mass is 10.1. The van der Waals surface area contributed by atoms with E-state index in [0.29, 0.717) is 78.5 Å². The zero-order valence-corrected chi connectivity index (χ0v) is 26.4. The summed E-state index contributed by atoms with van der Waals surface area (Å²) in [5.41, 5.74) is 0.707. The Balaban J connectivity index is 1.09. The number of hydrogen-bond donors (Lipinski definition) is 1. The number of ether oxygens (including phenoxy) is 4. The Morgan fingerprint density at radius 1 is 1.04 bits per heavy atom. The number of pyridine rings is 2. The topological polar surface area (TPSA) is 104 Å². The van der Waals surface area contributed by atoms with Gasteiger partial charge in [0.2, 0.25) is 0 Å². The van der Waals surface area contributed by atoms with Gasteiger partial charge in [-0.1, -0.05) is 0 Å². The Bertz CT molecular complexity index is 2110. The van der Waals surface area contributed by atoms with Crippen LogP contribution in [0.1, 0.15) is 22.3 Å². The average molecular weight is 673 g/mol. The Morgan fingerprint density at radius 2 is 1.88 bits per heavy atom. The third-order valence-electron chi connectivity index (χ3n) is 8.46. The largest absolute Gasteiger partial charge is 0.493 e. The molecule has 0 radical (unpaired) electrons. The molecule has 2 aliphatic heterocycles. The molecule has 7 rings (SSSR count). The maximum absolute atomic E-state index is 15.4. The van der Waals surface area contributed by atoms with Crippen molar-refractivity contribution in [3.05, 3.63) is 106 Å². The van der Waals surface area contributed by atoms with Crippen LogP contribution in [0.15, 0.2) is 77.9 Å². The number of halogens is 3. The lowest BCUT2D eigenvalue weighted by Gasteiger charge is -2.17. The van der Waals surface area contributed by atoms with Crippen molar-refractivity contribution in [1.82, 2.24) is 14.5 Å². The van der Waals surface area contributed by atoms with Crippen LogP contribution in [0.5, 0.6) is 28.7 Å². The number of benzene rings is 3. The minimum absolute atomic E-state index is 0.0807.